The van der Waals surface area contributed by atoms with Crippen molar-refractivity contribution in [1.29, 1.82) is 0 Å². The molecule has 2 atom stereocenters. The summed E-state index contributed by atoms with van der Waals surface area (Å²) in [6.07, 6.45) is 19.1. The van der Waals surface area contributed by atoms with Crippen LogP contribution in [0.5, 0.6) is 0 Å². The minimum Gasteiger partial charge on any atom is -0.415 e. The number of ether oxygens (including phenoxy) is 2. The van der Waals surface area contributed by atoms with Gasteiger partial charge in [-0.25, -0.2) is 9.36 Å². The number of hydrogen-bond donors (Lipinski definition) is 3. The van der Waals surface area contributed by atoms with Crippen LogP contribution >= 0.6 is 47.2 Å². The summed E-state index contributed by atoms with van der Waals surface area (Å²) in [4.78, 5) is 48.0. The number of alkyl halides is 3. The Morgan fingerprint density at radius 1 is 0.818 bits per heavy atom. The van der Waals surface area contributed by atoms with Crippen molar-refractivity contribution in [2.45, 2.75) is 130 Å². The summed E-state index contributed by atoms with van der Waals surface area (Å²) in [5.41, 5.74) is 17.6. The molecule has 0 spiro atoms. The van der Waals surface area contributed by atoms with Crippen molar-refractivity contribution < 1.29 is 28.7 Å². The van der Waals surface area contributed by atoms with Crippen LogP contribution in [0.4, 0.5) is 0 Å². The van der Waals surface area contributed by atoms with E-state index < -0.39 is 21.0 Å². The molecule has 3 amide bonds. The van der Waals surface area contributed by atoms with Gasteiger partial charge < -0.3 is 31.6 Å². The quantitative estimate of drug-likeness (QED) is 0.226. The van der Waals surface area contributed by atoms with Crippen LogP contribution in [0.1, 0.15) is 127 Å². The van der Waals surface area contributed by atoms with Gasteiger partial charge in [0.1, 0.15) is 11.1 Å². The van der Waals surface area contributed by atoms with E-state index in [1.54, 1.807) is 9.36 Å². The van der Waals surface area contributed by atoms with Crippen LogP contribution < -0.4 is 17.2 Å². The number of aromatic nitrogens is 6. The molecule has 0 aromatic carbocycles. The molecule has 2 aromatic heterocycles. The Labute approximate surface area is 342 Å². The molecular weight excluding hydrogens is 798 g/mol. The third kappa shape index (κ3) is 11.9. The third-order valence-electron chi connectivity index (χ3n) is 11.4. The number of morpholine rings is 1. The Morgan fingerprint density at radius 2 is 1.27 bits per heavy atom. The molecule has 20 heteroatoms. The first kappa shape index (κ1) is 44.9. The van der Waals surface area contributed by atoms with E-state index in [0.29, 0.717) is 57.4 Å². The second kappa shape index (κ2) is 19.6. The number of rotatable bonds is 10. The molecule has 1 aliphatic heterocycles. The van der Waals surface area contributed by atoms with Crippen LogP contribution in [0.2, 0.25) is 0 Å². The summed E-state index contributed by atoms with van der Waals surface area (Å²) in [5, 5.41) is 16.8. The number of amides is 3. The largest absolute Gasteiger partial charge is 0.415 e. The van der Waals surface area contributed by atoms with Crippen LogP contribution in [-0.4, -0.2) is 88.9 Å². The van der Waals surface area contributed by atoms with E-state index in [-0.39, 0.29) is 42.1 Å². The minimum absolute atomic E-state index is 0. The van der Waals surface area contributed by atoms with Crippen LogP contribution in [0, 0.1) is 11.8 Å². The first-order valence-corrected chi connectivity index (χ1v) is 20.1. The van der Waals surface area contributed by atoms with Crippen molar-refractivity contribution in [2.75, 3.05) is 26.3 Å². The predicted molar refractivity (Wildman–Crippen MR) is 207 cm³/mol. The monoisotopic (exact) mass is 850 g/mol. The Morgan fingerprint density at radius 3 is 1.69 bits per heavy atom. The van der Waals surface area contributed by atoms with Gasteiger partial charge in [-0.2, -0.15) is 0 Å². The van der Waals surface area contributed by atoms with Crippen molar-refractivity contribution >= 4 is 70.9 Å². The van der Waals surface area contributed by atoms with Crippen molar-refractivity contribution in [1.82, 2.24) is 34.9 Å². The number of nitrogens with two attached hydrogens (primary N) is 3. The summed E-state index contributed by atoms with van der Waals surface area (Å²) in [7, 11) is 0. The molecule has 3 heterocycles. The van der Waals surface area contributed by atoms with Gasteiger partial charge in [0.2, 0.25) is 17.7 Å². The molecule has 4 saturated carbocycles. The average molecular weight is 853 g/mol. The average Bonchev–Trinajstić information content (AvgIpc) is 4.04. The molecule has 7 rings (SSSR count). The molecule has 2 aromatic rings. The lowest BCUT2D eigenvalue weighted by Gasteiger charge is -2.32. The fraction of sp³-hybridized carbons (Fsp3) is 0.771. The standard InChI is InChI=1S/C19H29N5O3.C13H21N5O.C3H3Cl3O2.ClH/c20-18(26)19(6-7-19)24-13-16(21-22-24)15(14-4-2-1-3-5-14)12-17(25)23-8-10-27-11-9-23;14-11(9-4-2-1-3-5-9)10-8-18(17-16-10)13(6-7-13)12(15)19;1-2(7)8-3(4,5)6;/h13-15H,1-12H2,(H2,20,26);8-9,11H,1-7,14H2,(H2,15,19);1H3;1H/t15-;11-;;/m00../s1. The molecule has 0 radical (unpaired) electrons. The summed E-state index contributed by atoms with van der Waals surface area (Å²) in [6, 6.07) is -0.0715. The van der Waals surface area contributed by atoms with E-state index in [1.165, 1.54) is 38.5 Å². The summed E-state index contributed by atoms with van der Waals surface area (Å²) >= 11 is 15.0. The van der Waals surface area contributed by atoms with Crippen molar-refractivity contribution in [3.63, 3.8) is 0 Å². The Kier molecular flexibility index (Phi) is 16.0. The van der Waals surface area contributed by atoms with Crippen molar-refractivity contribution in [3.05, 3.63) is 23.8 Å². The highest BCUT2D eigenvalue weighted by Crippen LogP contribution is 2.45. The number of carbonyl (C=O) groups excluding carboxylic acids is 4. The molecule has 0 bridgehead atoms. The predicted octanol–water partition coefficient (Wildman–Crippen LogP) is 4.30. The second-order valence-corrected chi connectivity index (χ2v) is 17.3. The van der Waals surface area contributed by atoms with Crippen LogP contribution in [0.15, 0.2) is 12.4 Å². The third-order valence-corrected chi connectivity index (χ3v) is 11.6. The molecule has 16 nitrogen and oxygen atoms in total. The number of primary amides is 2. The van der Waals surface area contributed by atoms with Crippen molar-refractivity contribution in [2.24, 2.45) is 29.0 Å². The summed E-state index contributed by atoms with van der Waals surface area (Å²) < 4.78 is 10.8. The SMILES string of the molecule is CC(=O)OC(Cl)(Cl)Cl.Cl.NC(=O)C1(n2cc([C@@H](CC(=O)N3CCOCC3)C3CCCCC3)nn2)CC1.NC(=O)C1(n2cc([C@@H](N)C3CCCCC3)nn2)CC1. The van der Waals surface area contributed by atoms with Gasteiger partial charge in [-0.15, -0.1) is 22.6 Å². The second-order valence-electron chi connectivity index (χ2n) is 15.1. The van der Waals surface area contributed by atoms with E-state index in [0.717, 1.165) is 56.8 Å². The smallest absolute Gasteiger partial charge is 0.340 e. The van der Waals surface area contributed by atoms with Crippen molar-refractivity contribution in [3.8, 4) is 0 Å². The first-order valence-electron chi connectivity index (χ1n) is 19.0. The van der Waals surface area contributed by atoms with E-state index in [9.17, 15) is 19.2 Å². The van der Waals surface area contributed by atoms with Gasteiger partial charge in [-0.3, -0.25) is 19.2 Å². The van der Waals surface area contributed by atoms with E-state index >= 15 is 0 Å². The number of esters is 1. The summed E-state index contributed by atoms with van der Waals surface area (Å²) in [6.45, 7) is 3.69. The Hall–Kier alpha value is -2.76. The molecule has 308 valence electrons. The highest BCUT2D eigenvalue weighted by Gasteiger charge is 2.53. The lowest BCUT2D eigenvalue weighted by Crippen LogP contribution is -2.41. The fourth-order valence-corrected chi connectivity index (χ4v) is 8.11. The van der Waals surface area contributed by atoms with E-state index in [4.69, 9.17) is 56.7 Å². The van der Waals surface area contributed by atoms with Gasteiger partial charge in [0.25, 0.3) is 0 Å². The van der Waals surface area contributed by atoms with Crippen LogP contribution in [-0.2, 0) is 39.7 Å². The zero-order chi connectivity index (χ0) is 39.1. The first-order chi connectivity index (χ1) is 25.6. The Bertz CT molecular complexity index is 1590. The maximum Gasteiger partial charge on any atom is 0.340 e. The van der Waals surface area contributed by atoms with Gasteiger partial charge in [-0.1, -0.05) is 49.0 Å². The lowest BCUT2D eigenvalue weighted by molar-refractivity contribution is -0.141. The van der Waals surface area contributed by atoms with E-state index in [2.05, 4.69) is 25.4 Å². The van der Waals surface area contributed by atoms with Gasteiger partial charge >= 0.3 is 9.95 Å². The zero-order valence-corrected chi connectivity index (χ0v) is 34.3. The number of nitrogens with zero attached hydrogens (tertiary/aromatic N) is 7. The lowest BCUT2D eigenvalue weighted by atomic mass is 9.77. The normalized spacial score (nSPS) is 21.6. The number of hydrogen-bond acceptors (Lipinski definition) is 11. The summed E-state index contributed by atoms with van der Waals surface area (Å²) in [5.74, 6) is -0.143. The molecule has 6 N–H and O–H groups in total. The minimum atomic E-state index is -1.91. The highest BCUT2D eigenvalue weighted by molar-refractivity contribution is 6.66. The maximum atomic E-state index is 12.9. The van der Waals surface area contributed by atoms with E-state index in [1.807, 2.05) is 17.3 Å². The molecule has 5 aliphatic rings. The topological polar surface area (TPSA) is 229 Å². The number of carbonyl (C=O) groups is 4. The maximum absolute atomic E-state index is 12.9. The molecule has 4 aliphatic carbocycles. The van der Waals surface area contributed by atoms with Gasteiger partial charge in [0.15, 0.2) is 0 Å². The molecular formula is C35H54Cl4N10O6. The zero-order valence-electron chi connectivity index (χ0n) is 31.3. The highest BCUT2D eigenvalue weighted by atomic mass is 35.6. The van der Waals surface area contributed by atoms with Gasteiger partial charge in [0.05, 0.1) is 36.8 Å². The van der Waals surface area contributed by atoms with Gasteiger partial charge in [0, 0.05) is 38.5 Å². The molecule has 1 saturated heterocycles. The van der Waals surface area contributed by atoms with Crippen LogP contribution in [0.3, 0.4) is 0 Å². The Balaban J connectivity index is 0.000000209. The molecule has 55 heavy (non-hydrogen) atoms. The van der Waals surface area contributed by atoms with Gasteiger partial charge in [-0.05, 0) is 98.0 Å². The van der Waals surface area contributed by atoms with Crippen LogP contribution in [0.25, 0.3) is 0 Å². The molecule has 5 fully saturated rings. The molecule has 0 unspecified atom stereocenters. The fourth-order valence-electron chi connectivity index (χ4n) is 7.79. The number of halogens is 4.